The van der Waals surface area contributed by atoms with Crippen LogP contribution in [0.3, 0.4) is 0 Å². The van der Waals surface area contributed by atoms with Crippen LogP contribution in [0.15, 0.2) is 52.8 Å². The molecule has 1 aliphatic rings. The van der Waals surface area contributed by atoms with Crippen LogP contribution in [-0.4, -0.2) is 67.1 Å². The first-order valence-electron chi connectivity index (χ1n) is 15.3. The maximum absolute atomic E-state index is 13.4. The van der Waals surface area contributed by atoms with Gasteiger partial charge in [-0.3, -0.25) is 19.1 Å². The molecule has 0 unspecified atom stereocenters. The normalized spacial score (nSPS) is 13.6. The van der Waals surface area contributed by atoms with E-state index >= 15 is 0 Å². The van der Waals surface area contributed by atoms with Crippen LogP contribution in [0.25, 0.3) is 0 Å². The maximum Gasteiger partial charge on any atom is 0.277 e. The van der Waals surface area contributed by atoms with E-state index < -0.39 is 0 Å². The van der Waals surface area contributed by atoms with Crippen molar-refractivity contribution in [1.29, 1.82) is 0 Å². The lowest BCUT2D eigenvalue weighted by molar-refractivity contribution is -0.145. The molecule has 3 aromatic rings. The second-order valence-corrected chi connectivity index (χ2v) is 12.2. The van der Waals surface area contributed by atoms with E-state index in [0.717, 1.165) is 30.5 Å². The van der Waals surface area contributed by atoms with Crippen LogP contribution in [0.4, 0.5) is 4.39 Å². The molecule has 1 aliphatic heterocycles. The molecule has 0 radical (unpaired) electrons. The van der Waals surface area contributed by atoms with Gasteiger partial charge in [0.15, 0.2) is 5.16 Å². The van der Waals surface area contributed by atoms with Gasteiger partial charge in [0, 0.05) is 56.8 Å². The standard InChI is InChI=1S/C32H43FN6O3S/c1-3-4-5-6-7-8-9-10-15-37-16-17-38(22-29(37)40)30(41)23-39-21-27(18-26-19-34-36(2)20-26)31(42)35-32(39)43-24-25-11-13-28(33)14-12-25/h11-14,19-21H,3-10,15-18,22-24H2,1-2H3. The average Bonchev–Trinajstić information content (AvgIpc) is 3.41. The molecule has 3 heterocycles. The van der Waals surface area contributed by atoms with Crippen LogP contribution in [0.1, 0.15) is 75.0 Å². The highest BCUT2D eigenvalue weighted by molar-refractivity contribution is 7.98. The Bertz CT molecular complexity index is 1410. The minimum atomic E-state index is -0.362. The van der Waals surface area contributed by atoms with E-state index in [1.54, 1.807) is 38.7 Å². The summed E-state index contributed by atoms with van der Waals surface area (Å²) in [6, 6.07) is 6.15. The molecule has 0 aliphatic carbocycles. The number of rotatable bonds is 16. The minimum absolute atomic E-state index is 0.0243. The third kappa shape index (κ3) is 10.0. The molecule has 9 nitrogen and oxygen atoms in total. The zero-order valence-electron chi connectivity index (χ0n) is 25.3. The predicted octanol–water partition coefficient (Wildman–Crippen LogP) is 4.81. The summed E-state index contributed by atoms with van der Waals surface area (Å²) >= 11 is 1.31. The van der Waals surface area contributed by atoms with E-state index in [-0.39, 0.29) is 36.3 Å². The van der Waals surface area contributed by atoms with Gasteiger partial charge in [-0.05, 0) is 29.7 Å². The summed E-state index contributed by atoms with van der Waals surface area (Å²) in [4.78, 5) is 47.0. The van der Waals surface area contributed by atoms with Crippen molar-refractivity contribution in [3.63, 3.8) is 0 Å². The number of amides is 2. The van der Waals surface area contributed by atoms with E-state index in [4.69, 9.17) is 0 Å². The Morgan fingerprint density at radius 1 is 0.953 bits per heavy atom. The zero-order valence-corrected chi connectivity index (χ0v) is 26.2. The summed E-state index contributed by atoms with van der Waals surface area (Å²) in [7, 11) is 1.81. The molecular formula is C32H43FN6O3S. The first-order chi connectivity index (χ1) is 20.8. The van der Waals surface area contributed by atoms with Crippen molar-refractivity contribution in [3.05, 3.63) is 75.7 Å². The summed E-state index contributed by atoms with van der Waals surface area (Å²) in [5.74, 6) is -0.0782. The third-order valence-corrected chi connectivity index (χ3v) is 8.78. The Morgan fingerprint density at radius 2 is 1.67 bits per heavy atom. The molecule has 1 fully saturated rings. The summed E-state index contributed by atoms with van der Waals surface area (Å²) in [5, 5.41) is 4.58. The van der Waals surface area contributed by atoms with Crippen molar-refractivity contribution in [3.8, 4) is 0 Å². The van der Waals surface area contributed by atoms with E-state index in [2.05, 4.69) is 17.0 Å². The maximum atomic E-state index is 13.4. The molecule has 0 spiro atoms. The Morgan fingerprint density at radius 3 is 2.35 bits per heavy atom. The SMILES string of the molecule is CCCCCCCCCCN1CCN(C(=O)Cn2cc(Cc3cnn(C)c3)c(=O)nc2SCc2ccc(F)cc2)CC1=O. The van der Waals surface area contributed by atoms with Gasteiger partial charge in [-0.1, -0.05) is 75.8 Å². The number of hydrogen-bond donors (Lipinski definition) is 0. The molecule has 43 heavy (non-hydrogen) atoms. The van der Waals surface area contributed by atoms with E-state index in [1.165, 1.54) is 62.4 Å². The molecular weight excluding hydrogens is 567 g/mol. The third-order valence-electron chi connectivity index (χ3n) is 7.72. The van der Waals surface area contributed by atoms with Crippen molar-refractivity contribution < 1.29 is 14.0 Å². The number of carbonyl (C=O) groups is 2. The van der Waals surface area contributed by atoms with Crippen molar-refractivity contribution in [2.45, 2.75) is 82.2 Å². The Kier molecular flexibility index (Phi) is 12.4. The van der Waals surface area contributed by atoms with Gasteiger partial charge in [-0.2, -0.15) is 10.1 Å². The largest absolute Gasteiger partial charge is 0.339 e. The number of aromatic nitrogens is 4. The Balaban J connectivity index is 1.37. The monoisotopic (exact) mass is 610 g/mol. The second-order valence-electron chi connectivity index (χ2n) is 11.3. The van der Waals surface area contributed by atoms with Crippen LogP contribution in [0.5, 0.6) is 0 Å². The molecule has 0 bridgehead atoms. The fourth-order valence-corrected chi connectivity index (χ4v) is 6.14. The highest BCUT2D eigenvalue weighted by Gasteiger charge is 2.27. The number of piperazine rings is 1. The highest BCUT2D eigenvalue weighted by Crippen LogP contribution is 2.22. The Hall–Kier alpha value is -3.47. The lowest BCUT2D eigenvalue weighted by atomic mass is 10.1. The lowest BCUT2D eigenvalue weighted by Crippen LogP contribution is -2.53. The molecule has 0 saturated carbocycles. The molecule has 11 heteroatoms. The van der Waals surface area contributed by atoms with Crippen molar-refractivity contribution >= 4 is 23.6 Å². The topological polar surface area (TPSA) is 93.3 Å². The number of benzene rings is 1. The van der Waals surface area contributed by atoms with E-state index in [1.807, 2.05) is 18.1 Å². The van der Waals surface area contributed by atoms with Crippen molar-refractivity contribution in [2.24, 2.45) is 7.05 Å². The summed E-state index contributed by atoms with van der Waals surface area (Å²) in [6.07, 6.45) is 15.3. The van der Waals surface area contributed by atoms with Crippen LogP contribution < -0.4 is 5.56 Å². The van der Waals surface area contributed by atoms with Gasteiger partial charge in [0.1, 0.15) is 12.4 Å². The minimum Gasteiger partial charge on any atom is -0.339 e. The number of aryl methyl sites for hydroxylation is 1. The number of carbonyl (C=O) groups excluding carboxylic acids is 2. The van der Waals surface area contributed by atoms with Crippen LogP contribution in [-0.2, 0) is 35.4 Å². The fourth-order valence-electron chi connectivity index (χ4n) is 5.22. The van der Waals surface area contributed by atoms with E-state index in [0.29, 0.717) is 36.0 Å². The zero-order chi connectivity index (χ0) is 30.6. The van der Waals surface area contributed by atoms with Gasteiger partial charge in [0.2, 0.25) is 11.8 Å². The molecule has 1 saturated heterocycles. The quantitative estimate of drug-likeness (QED) is 0.131. The van der Waals surface area contributed by atoms with Gasteiger partial charge in [-0.25, -0.2) is 4.39 Å². The summed E-state index contributed by atoms with van der Waals surface area (Å²) in [5.41, 5.74) is 1.83. The summed E-state index contributed by atoms with van der Waals surface area (Å²) < 4.78 is 16.7. The number of hydrogen-bond acceptors (Lipinski definition) is 6. The van der Waals surface area contributed by atoms with Crippen molar-refractivity contribution in [1.82, 2.24) is 29.1 Å². The number of halogens is 1. The van der Waals surface area contributed by atoms with Crippen molar-refractivity contribution in [2.75, 3.05) is 26.2 Å². The number of nitrogens with zero attached hydrogens (tertiary/aromatic N) is 6. The highest BCUT2D eigenvalue weighted by atomic mass is 32.2. The molecule has 4 rings (SSSR count). The average molecular weight is 611 g/mol. The number of thioether (sulfide) groups is 1. The van der Waals surface area contributed by atoms with Gasteiger partial charge < -0.3 is 14.4 Å². The van der Waals surface area contributed by atoms with Crippen LogP contribution >= 0.6 is 11.8 Å². The molecule has 232 valence electrons. The first-order valence-corrected chi connectivity index (χ1v) is 16.3. The smallest absolute Gasteiger partial charge is 0.277 e. The molecule has 2 aromatic heterocycles. The second kappa shape index (κ2) is 16.4. The lowest BCUT2D eigenvalue weighted by Gasteiger charge is -2.34. The van der Waals surface area contributed by atoms with Crippen LogP contribution in [0.2, 0.25) is 0 Å². The first kappa shape index (κ1) is 32.4. The number of unbranched alkanes of at least 4 members (excludes halogenated alkanes) is 7. The van der Waals surface area contributed by atoms with Gasteiger partial charge >= 0.3 is 0 Å². The van der Waals surface area contributed by atoms with Gasteiger partial charge in [0.05, 0.1) is 12.7 Å². The summed E-state index contributed by atoms with van der Waals surface area (Å²) in [6.45, 7) is 3.99. The fraction of sp³-hybridized carbons (Fsp3) is 0.531. The predicted molar refractivity (Wildman–Crippen MR) is 166 cm³/mol. The Labute approximate surface area is 257 Å². The molecule has 0 atom stereocenters. The molecule has 1 aromatic carbocycles. The van der Waals surface area contributed by atoms with Gasteiger partial charge in [0.25, 0.3) is 5.56 Å². The molecule has 0 N–H and O–H groups in total. The molecule has 2 amide bonds. The van der Waals surface area contributed by atoms with Crippen LogP contribution in [0, 0.1) is 5.82 Å². The van der Waals surface area contributed by atoms with Gasteiger partial charge in [-0.15, -0.1) is 0 Å². The van der Waals surface area contributed by atoms with E-state index in [9.17, 15) is 18.8 Å².